The Morgan fingerprint density at radius 3 is 1.53 bits per heavy atom. The van der Waals surface area contributed by atoms with Gasteiger partial charge in [0.2, 0.25) is 0 Å². The first-order valence-electron chi connectivity index (χ1n) is 19.2. The molecule has 9 aromatic carbocycles. The van der Waals surface area contributed by atoms with Gasteiger partial charge in [0.1, 0.15) is 11.2 Å². The van der Waals surface area contributed by atoms with Crippen molar-refractivity contribution in [2.45, 2.75) is 0 Å². The second-order valence-electron chi connectivity index (χ2n) is 14.4. The van der Waals surface area contributed by atoms with Crippen LogP contribution in [0.5, 0.6) is 0 Å². The standard InChI is InChI=1S/C53H33N3O/c1-3-13-34(14-4-1)43-32-47(50-45-21-11-12-22-48(45)57-49(50)33-43)53-55-51(41-26-24-36-16-8-10-20-39(36)30-41)54-52(56-53)42-27-28-44(37-17-5-2-6-18-37)46(31-42)40-25-23-35-15-7-9-19-38(35)29-40/h1-33H. The molecule has 2 aromatic heterocycles. The molecule has 0 bridgehead atoms. The Labute approximate surface area is 329 Å². The predicted molar refractivity (Wildman–Crippen MR) is 235 cm³/mol. The van der Waals surface area contributed by atoms with Gasteiger partial charge in [-0.1, -0.05) is 164 Å². The Morgan fingerprint density at radius 1 is 0.281 bits per heavy atom. The Hall–Kier alpha value is -7.69. The summed E-state index contributed by atoms with van der Waals surface area (Å²) in [4.78, 5) is 15.9. The van der Waals surface area contributed by atoms with Crippen molar-refractivity contribution < 1.29 is 4.42 Å². The molecule has 0 aliphatic carbocycles. The average molecular weight is 728 g/mol. The van der Waals surface area contributed by atoms with Crippen LogP contribution in [0, 0.1) is 0 Å². The highest BCUT2D eigenvalue weighted by Gasteiger charge is 2.21. The fraction of sp³-hybridized carbons (Fsp3) is 0. The fourth-order valence-electron chi connectivity index (χ4n) is 8.06. The molecule has 0 radical (unpaired) electrons. The van der Waals surface area contributed by atoms with Crippen LogP contribution in [0.2, 0.25) is 0 Å². The van der Waals surface area contributed by atoms with Crippen molar-refractivity contribution in [3.63, 3.8) is 0 Å². The molecule has 0 unspecified atom stereocenters. The number of nitrogens with zero attached hydrogens (tertiary/aromatic N) is 3. The van der Waals surface area contributed by atoms with E-state index in [9.17, 15) is 0 Å². The van der Waals surface area contributed by atoms with Gasteiger partial charge in [0, 0.05) is 27.5 Å². The van der Waals surface area contributed by atoms with Gasteiger partial charge in [0.15, 0.2) is 17.5 Å². The lowest BCUT2D eigenvalue weighted by atomic mass is 9.91. The molecule has 0 amide bonds. The first-order valence-corrected chi connectivity index (χ1v) is 19.2. The number of rotatable bonds is 6. The van der Waals surface area contributed by atoms with E-state index in [1.807, 2.05) is 24.3 Å². The number of para-hydroxylation sites is 1. The molecule has 0 fully saturated rings. The largest absolute Gasteiger partial charge is 0.456 e. The van der Waals surface area contributed by atoms with E-state index in [0.717, 1.165) is 82.8 Å². The van der Waals surface area contributed by atoms with Gasteiger partial charge in [-0.15, -0.1) is 0 Å². The molecular formula is C53H33N3O. The van der Waals surface area contributed by atoms with E-state index in [1.54, 1.807) is 0 Å². The van der Waals surface area contributed by atoms with Crippen molar-refractivity contribution in [2.75, 3.05) is 0 Å². The van der Waals surface area contributed by atoms with Crippen LogP contribution in [0.25, 0.3) is 111 Å². The third-order valence-corrected chi connectivity index (χ3v) is 10.9. The zero-order valence-electron chi connectivity index (χ0n) is 30.8. The van der Waals surface area contributed by atoms with Crippen LogP contribution < -0.4 is 0 Å². The smallest absolute Gasteiger partial charge is 0.164 e. The van der Waals surface area contributed by atoms with Crippen LogP contribution in [0.4, 0.5) is 0 Å². The number of hydrogen-bond donors (Lipinski definition) is 0. The van der Waals surface area contributed by atoms with Gasteiger partial charge in [-0.2, -0.15) is 0 Å². The minimum absolute atomic E-state index is 0.580. The number of furan rings is 1. The number of hydrogen-bond acceptors (Lipinski definition) is 4. The molecule has 11 rings (SSSR count). The molecule has 0 N–H and O–H groups in total. The Morgan fingerprint density at radius 2 is 0.807 bits per heavy atom. The van der Waals surface area contributed by atoms with E-state index in [4.69, 9.17) is 19.4 Å². The highest BCUT2D eigenvalue weighted by molar-refractivity contribution is 6.13. The quantitative estimate of drug-likeness (QED) is 0.171. The maximum absolute atomic E-state index is 6.53. The van der Waals surface area contributed by atoms with Gasteiger partial charge >= 0.3 is 0 Å². The number of fused-ring (bicyclic) bond motifs is 5. The first kappa shape index (κ1) is 32.7. The summed E-state index contributed by atoms with van der Waals surface area (Å²) in [5.74, 6) is 1.78. The predicted octanol–water partition coefficient (Wildman–Crippen LogP) is 14.1. The molecule has 2 heterocycles. The topological polar surface area (TPSA) is 51.8 Å². The number of benzene rings is 9. The summed E-state index contributed by atoms with van der Waals surface area (Å²) >= 11 is 0. The van der Waals surface area contributed by atoms with Crippen LogP contribution in [0.15, 0.2) is 205 Å². The summed E-state index contributed by atoms with van der Waals surface area (Å²) in [5, 5.41) is 6.67. The summed E-state index contributed by atoms with van der Waals surface area (Å²) in [6.45, 7) is 0. The van der Waals surface area contributed by atoms with E-state index in [2.05, 4.69) is 176 Å². The zero-order chi connectivity index (χ0) is 37.7. The van der Waals surface area contributed by atoms with Crippen molar-refractivity contribution in [1.82, 2.24) is 15.0 Å². The van der Waals surface area contributed by atoms with E-state index >= 15 is 0 Å². The highest BCUT2D eigenvalue weighted by Crippen LogP contribution is 2.41. The van der Waals surface area contributed by atoms with Crippen molar-refractivity contribution in [2.24, 2.45) is 0 Å². The Balaban J connectivity index is 1.18. The van der Waals surface area contributed by atoms with E-state index in [0.29, 0.717) is 17.5 Å². The van der Waals surface area contributed by atoms with Crippen molar-refractivity contribution in [3.05, 3.63) is 200 Å². The van der Waals surface area contributed by atoms with Crippen molar-refractivity contribution >= 4 is 43.5 Å². The minimum Gasteiger partial charge on any atom is -0.456 e. The van der Waals surface area contributed by atoms with Crippen LogP contribution in [0.1, 0.15) is 0 Å². The van der Waals surface area contributed by atoms with E-state index in [1.165, 1.54) is 10.8 Å². The fourth-order valence-corrected chi connectivity index (χ4v) is 8.06. The third-order valence-electron chi connectivity index (χ3n) is 10.9. The first-order chi connectivity index (χ1) is 28.2. The van der Waals surface area contributed by atoms with Gasteiger partial charge in [-0.05, 0) is 91.3 Å². The molecule has 11 aromatic rings. The molecule has 0 spiro atoms. The van der Waals surface area contributed by atoms with Gasteiger partial charge in [0.25, 0.3) is 0 Å². The van der Waals surface area contributed by atoms with Gasteiger partial charge in [-0.3, -0.25) is 0 Å². The third kappa shape index (κ3) is 5.92. The lowest BCUT2D eigenvalue weighted by Crippen LogP contribution is -2.01. The van der Waals surface area contributed by atoms with E-state index < -0.39 is 0 Å². The highest BCUT2D eigenvalue weighted by atomic mass is 16.3. The molecule has 4 nitrogen and oxygen atoms in total. The van der Waals surface area contributed by atoms with Crippen LogP contribution in [-0.4, -0.2) is 15.0 Å². The normalized spacial score (nSPS) is 11.5. The van der Waals surface area contributed by atoms with Gasteiger partial charge in [-0.25, -0.2) is 15.0 Å². The lowest BCUT2D eigenvalue weighted by Gasteiger charge is -2.15. The molecule has 0 saturated carbocycles. The molecular weight excluding hydrogens is 695 g/mol. The Kier molecular flexibility index (Phi) is 7.78. The molecule has 0 aliphatic rings. The minimum atomic E-state index is 0.580. The monoisotopic (exact) mass is 727 g/mol. The second kappa shape index (κ2) is 13.6. The van der Waals surface area contributed by atoms with Crippen molar-refractivity contribution in [1.29, 1.82) is 0 Å². The average Bonchev–Trinajstić information content (AvgIpc) is 3.67. The summed E-state index contributed by atoms with van der Waals surface area (Å²) in [7, 11) is 0. The number of aromatic nitrogens is 3. The SMILES string of the molecule is c1ccc(-c2cc(-c3nc(-c4ccc(-c5ccccc5)c(-c5ccc6ccccc6c5)c4)nc(-c4ccc5ccccc5c4)n3)c3c(c2)oc2ccccc23)cc1. The maximum Gasteiger partial charge on any atom is 0.164 e. The summed E-state index contributed by atoms with van der Waals surface area (Å²) in [6.07, 6.45) is 0. The molecule has 266 valence electrons. The molecule has 0 saturated heterocycles. The molecule has 4 heteroatoms. The zero-order valence-corrected chi connectivity index (χ0v) is 30.8. The Bertz CT molecular complexity index is 3300. The summed E-state index contributed by atoms with van der Waals surface area (Å²) < 4.78 is 6.53. The summed E-state index contributed by atoms with van der Waals surface area (Å²) in [6, 6.07) is 70.0. The molecule has 0 aliphatic heterocycles. The van der Waals surface area contributed by atoms with E-state index in [-0.39, 0.29) is 0 Å². The lowest BCUT2D eigenvalue weighted by molar-refractivity contribution is 0.669. The second-order valence-corrected chi connectivity index (χ2v) is 14.4. The molecule has 57 heavy (non-hydrogen) atoms. The van der Waals surface area contributed by atoms with Crippen LogP contribution in [-0.2, 0) is 0 Å². The van der Waals surface area contributed by atoms with Crippen LogP contribution >= 0.6 is 0 Å². The van der Waals surface area contributed by atoms with Crippen molar-refractivity contribution in [3.8, 4) is 67.5 Å². The summed E-state index contributed by atoms with van der Waals surface area (Å²) in [5.41, 5.74) is 10.9. The maximum atomic E-state index is 6.53. The van der Waals surface area contributed by atoms with Gasteiger partial charge < -0.3 is 4.42 Å². The molecule has 0 atom stereocenters. The van der Waals surface area contributed by atoms with Gasteiger partial charge in [0.05, 0.1) is 0 Å². The van der Waals surface area contributed by atoms with Crippen LogP contribution in [0.3, 0.4) is 0 Å².